The Morgan fingerprint density at radius 1 is 0.719 bits per heavy atom. The molecule has 7 heteroatoms. The molecular formula is C25H30N4O2S. The van der Waals surface area contributed by atoms with Crippen LogP contribution < -0.4 is 4.90 Å². The maximum atomic E-state index is 13.0. The van der Waals surface area contributed by atoms with E-state index in [1.165, 1.54) is 21.2 Å². The lowest BCUT2D eigenvalue weighted by molar-refractivity contribution is -0.134. The molecule has 0 unspecified atom stereocenters. The summed E-state index contributed by atoms with van der Waals surface area (Å²) in [5.41, 5.74) is 2.35. The van der Waals surface area contributed by atoms with Crippen LogP contribution in [-0.2, 0) is 9.59 Å². The first-order valence-electron chi connectivity index (χ1n) is 11.6. The summed E-state index contributed by atoms with van der Waals surface area (Å²) in [5, 5.41) is 0. The number of benzene rings is 2. The first-order valence-corrected chi connectivity index (χ1v) is 12.4. The van der Waals surface area contributed by atoms with Gasteiger partial charge >= 0.3 is 0 Å². The van der Waals surface area contributed by atoms with Crippen LogP contribution in [0.15, 0.2) is 58.3 Å². The van der Waals surface area contributed by atoms with E-state index in [0.717, 1.165) is 39.0 Å². The fraction of sp³-hybridized carbons (Fsp3) is 0.440. The average molecular weight is 451 g/mol. The van der Waals surface area contributed by atoms with Gasteiger partial charge in [0.25, 0.3) is 0 Å². The predicted octanol–water partition coefficient (Wildman–Crippen LogP) is 3.45. The number of amides is 2. The first kappa shape index (κ1) is 21.3. The van der Waals surface area contributed by atoms with Crippen LogP contribution in [0.5, 0.6) is 0 Å². The Bertz CT molecular complexity index is 938. The van der Waals surface area contributed by atoms with E-state index in [2.05, 4.69) is 58.3 Å². The van der Waals surface area contributed by atoms with Crippen molar-refractivity contribution in [1.29, 1.82) is 0 Å². The van der Waals surface area contributed by atoms with Gasteiger partial charge in [-0.3, -0.25) is 14.5 Å². The lowest BCUT2D eigenvalue weighted by Gasteiger charge is -2.36. The van der Waals surface area contributed by atoms with Crippen molar-refractivity contribution in [3.63, 3.8) is 0 Å². The molecule has 3 heterocycles. The van der Waals surface area contributed by atoms with E-state index < -0.39 is 0 Å². The highest BCUT2D eigenvalue weighted by atomic mass is 32.2. The molecule has 2 saturated heterocycles. The fourth-order valence-electron chi connectivity index (χ4n) is 4.80. The van der Waals surface area contributed by atoms with Gasteiger partial charge in [0, 0.05) is 62.0 Å². The van der Waals surface area contributed by atoms with Gasteiger partial charge < -0.3 is 14.7 Å². The fourth-order valence-corrected chi connectivity index (χ4v) is 5.90. The molecule has 0 aromatic heterocycles. The summed E-state index contributed by atoms with van der Waals surface area (Å²) in [6.07, 6.45) is 2.73. The summed E-state index contributed by atoms with van der Waals surface area (Å²) < 4.78 is 0. The van der Waals surface area contributed by atoms with Crippen LogP contribution in [0.2, 0.25) is 0 Å². The maximum absolute atomic E-state index is 13.0. The molecule has 3 aliphatic rings. The van der Waals surface area contributed by atoms with Crippen LogP contribution in [0, 0.1) is 0 Å². The number of para-hydroxylation sites is 2. The SMILES string of the molecule is O=C(CCN1c2ccccc2Sc2ccccc21)N1CCN(CC(=O)N2CCCC2)CC1. The van der Waals surface area contributed by atoms with Crippen LogP contribution in [0.1, 0.15) is 19.3 Å². The minimum Gasteiger partial charge on any atom is -0.342 e. The van der Waals surface area contributed by atoms with Crippen molar-refractivity contribution in [2.75, 3.05) is 57.3 Å². The van der Waals surface area contributed by atoms with E-state index in [1.807, 2.05) is 9.80 Å². The van der Waals surface area contributed by atoms with Crippen molar-refractivity contribution < 1.29 is 9.59 Å². The third kappa shape index (κ3) is 4.50. The number of carbonyl (C=O) groups is 2. The lowest BCUT2D eigenvalue weighted by atomic mass is 10.2. The molecular weight excluding hydrogens is 420 g/mol. The van der Waals surface area contributed by atoms with Gasteiger partial charge in [-0.25, -0.2) is 0 Å². The zero-order valence-electron chi connectivity index (χ0n) is 18.4. The molecule has 32 heavy (non-hydrogen) atoms. The molecule has 3 aliphatic heterocycles. The quantitative estimate of drug-likeness (QED) is 0.698. The molecule has 5 rings (SSSR count). The molecule has 0 N–H and O–H groups in total. The highest BCUT2D eigenvalue weighted by Gasteiger charge is 2.27. The summed E-state index contributed by atoms with van der Waals surface area (Å²) in [7, 11) is 0. The van der Waals surface area contributed by atoms with E-state index in [0.29, 0.717) is 32.6 Å². The first-order chi connectivity index (χ1) is 15.7. The Morgan fingerprint density at radius 3 is 1.91 bits per heavy atom. The lowest BCUT2D eigenvalue weighted by Crippen LogP contribution is -2.51. The highest BCUT2D eigenvalue weighted by molar-refractivity contribution is 7.99. The van der Waals surface area contributed by atoms with E-state index in [1.54, 1.807) is 11.8 Å². The number of piperazine rings is 1. The summed E-state index contributed by atoms with van der Waals surface area (Å²) >= 11 is 1.79. The van der Waals surface area contributed by atoms with Crippen molar-refractivity contribution in [3.05, 3.63) is 48.5 Å². The zero-order chi connectivity index (χ0) is 21.9. The molecule has 0 aliphatic carbocycles. The monoisotopic (exact) mass is 450 g/mol. The smallest absolute Gasteiger partial charge is 0.236 e. The van der Waals surface area contributed by atoms with Gasteiger partial charge in [-0.2, -0.15) is 0 Å². The van der Waals surface area contributed by atoms with Crippen LogP contribution in [-0.4, -0.2) is 78.9 Å². The molecule has 0 saturated carbocycles. The molecule has 0 radical (unpaired) electrons. The van der Waals surface area contributed by atoms with Crippen LogP contribution >= 0.6 is 11.8 Å². The Hall–Kier alpha value is -2.51. The topological polar surface area (TPSA) is 47.1 Å². The Kier molecular flexibility index (Phi) is 6.37. The minimum absolute atomic E-state index is 0.198. The molecule has 2 amide bonds. The average Bonchev–Trinajstić information content (AvgIpc) is 3.37. The summed E-state index contributed by atoms with van der Waals surface area (Å²) in [5.74, 6) is 0.436. The van der Waals surface area contributed by atoms with Gasteiger partial charge in [-0.05, 0) is 37.1 Å². The molecule has 0 atom stereocenters. The van der Waals surface area contributed by atoms with Gasteiger partial charge in [0.2, 0.25) is 11.8 Å². The second kappa shape index (κ2) is 9.55. The van der Waals surface area contributed by atoms with Gasteiger partial charge in [0.1, 0.15) is 0 Å². The molecule has 2 aromatic rings. The number of nitrogens with zero attached hydrogens (tertiary/aromatic N) is 4. The second-order valence-corrected chi connectivity index (χ2v) is 9.77. The Morgan fingerprint density at radius 2 is 1.28 bits per heavy atom. The number of carbonyl (C=O) groups excluding carboxylic acids is 2. The molecule has 6 nitrogen and oxygen atoms in total. The standard InChI is InChI=1S/C25H30N4O2S/c30-24(28-17-15-26(16-18-28)19-25(31)27-12-5-6-13-27)11-14-29-20-7-1-3-9-22(20)32-23-10-4-2-8-21(23)29/h1-4,7-10H,5-6,11-19H2. The third-order valence-electron chi connectivity index (χ3n) is 6.62. The van der Waals surface area contributed by atoms with Crippen molar-refractivity contribution in [2.45, 2.75) is 29.1 Å². The van der Waals surface area contributed by atoms with Crippen LogP contribution in [0.3, 0.4) is 0 Å². The van der Waals surface area contributed by atoms with Gasteiger partial charge in [0.15, 0.2) is 0 Å². The number of anilines is 2. The van der Waals surface area contributed by atoms with Gasteiger partial charge in [0.05, 0.1) is 17.9 Å². The Balaban J connectivity index is 1.16. The summed E-state index contributed by atoms with van der Waals surface area (Å²) in [4.78, 5) is 36.3. The van der Waals surface area contributed by atoms with E-state index in [9.17, 15) is 9.59 Å². The molecule has 0 spiro atoms. The van der Waals surface area contributed by atoms with E-state index in [-0.39, 0.29) is 11.8 Å². The van der Waals surface area contributed by atoms with Crippen molar-refractivity contribution in [3.8, 4) is 0 Å². The molecule has 2 aromatic carbocycles. The summed E-state index contributed by atoms with van der Waals surface area (Å²) in [6.45, 7) is 5.91. The third-order valence-corrected chi connectivity index (χ3v) is 7.75. The number of hydrogen-bond acceptors (Lipinski definition) is 5. The van der Waals surface area contributed by atoms with Crippen LogP contribution in [0.25, 0.3) is 0 Å². The van der Waals surface area contributed by atoms with Crippen molar-refractivity contribution in [2.24, 2.45) is 0 Å². The van der Waals surface area contributed by atoms with Gasteiger partial charge in [-0.15, -0.1) is 0 Å². The maximum Gasteiger partial charge on any atom is 0.236 e. The molecule has 2 fully saturated rings. The van der Waals surface area contributed by atoms with Crippen molar-refractivity contribution in [1.82, 2.24) is 14.7 Å². The summed E-state index contributed by atoms with van der Waals surface area (Å²) in [6, 6.07) is 16.8. The molecule has 0 bridgehead atoms. The number of hydrogen-bond donors (Lipinski definition) is 0. The number of rotatable bonds is 5. The zero-order valence-corrected chi connectivity index (χ0v) is 19.2. The highest BCUT2D eigenvalue weighted by Crippen LogP contribution is 2.47. The number of likely N-dealkylation sites (tertiary alicyclic amines) is 1. The van der Waals surface area contributed by atoms with Crippen molar-refractivity contribution >= 4 is 35.0 Å². The normalized spacial score (nSPS) is 18.4. The van der Waals surface area contributed by atoms with E-state index >= 15 is 0 Å². The van der Waals surface area contributed by atoms with E-state index in [4.69, 9.17) is 0 Å². The minimum atomic E-state index is 0.198. The Labute approximate surface area is 194 Å². The predicted molar refractivity (Wildman–Crippen MR) is 127 cm³/mol. The second-order valence-electron chi connectivity index (χ2n) is 8.68. The molecule has 168 valence electrons. The number of fused-ring (bicyclic) bond motifs is 2. The largest absolute Gasteiger partial charge is 0.342 e. The van der Waals surface area contributed by atoms with Crippen LogP contribution in [0.4, 0.5) is 11.4 Å². The van der Waals surface area contributed by atoms with Gasteiger partial charge in [-0.1, -0.05) is 36.0 Å².